The molecule has 0 atom stereocenters. The van der Waals surface area contributed by atoms with E-state index in [0.29, 0.717) is 11.9 Å². The van der Waals surface area contributed by atoms with E-state index in [-0.39, 0.29) is 17.9 Å². The fourth-order valence-corrected chi connectivity index (χ4v) is 4.35. The van der Waals surface area contributed by atoms with Crippen molar-refractivity contribution in [3.05, 3.63) is 68.7 Å². The molecule has 27 heavy (non-hydrogen) atoms. The lowest BCUT2D eigenvalue weighted by atomic mass is 10.1. The Balaban J connectivity index is 1.60. The van der Waals surface area contributed by atoms with Crippen LogP contribution in [-0.4, -0.2) is 15.5 Å². The number of carbonyl (C=O) groups excluding carboxylic acids is 1. The lowest BCUT2D eigenvalue weighted by Gasteiger charge is -2.07. The Hall–Kier alpha value is -2.77. The topological polar surface area (TPSA) is 64.0 Å². The van der Waals surface area contributed by atoms with Crippen molar-refractivity contribution >= 4 is 44.5 Å². The van der Waals surface area contributed by atoms with Crippen LogP contribution < -0.4 is 10.9 Å². The zero-order valence-electron chi connectivity index (χ0n) is 14.6. The molecule has 1 amide bonds. The molecular formula is C20H17N3O2S2. The molecule has 0 aliphatic rings. The number of thiophene rings is 2. The number of aromatic nitrogens is 2. The monoisotopic (exact) mass is 395 g/mol. The highest BCUT2D eigenvalue weighted by Gasteiger charge is 2.14. The number of anilines is 1. The molecule has 0 fully saturated rings. The Morgan fingerprint density at radius 1 is 1.19 bits per heavy atom. The van der Waals surface area contributed by atoms with Gasteiger partial charge < -0.3 is 5.32 Å². The van der Waals surface area contributed by atoms with Gasteiger partial charge in [0.15, 0.2) is 0 Å². The average molecular weight is 396 g/mol. The summed E-state index contributed by atoms with van der Waals surface area (Å²) < 4.78 is 1.51. The van der Waals surface area contributed by atoms with Crippen LogP contribution in [0.25, 0.3) is 21.3 Å². The van der Waals surface area contributed by atoms with Crippen molar-refractivity contribution in [2.75, 3.05) is 5.32 Å². The summed E-state index contributed by atoms with van der Waals surface area (Å²) in [6.07, 6.45) is 1.74. The molecule has 1 N–H and O–H groups in total. The maximum atomic E-state index is 13.0. The minimum atomic E-state index is -0.121. The number of benzene rings is 1. The van der Waals surface area contributed by atoms with E-state index in [1.165, 1.54) is 39.1 Å². The first kappa shape index (κ1) is 17.6. The van der Waals surface area contributed by atoms with E-state index in [1.807, 2.05) is 53.4 Å². The summed E-state index contributed by atoms with van der Waals surface area (Å²) in [4.78, 5) is 30.2. The molecule has 0 aliphatic heterocycles. The first-order valence-electron chi connectivity index (χ1n) is 8.47. The van der Waals surface area contributed by atoms with Crippen LogP contribution in [0.2, 0.25) is 0 Å². The first-order valence-corrected chi connectivity index (χ1v) is 10.3. The van der Waals surface area contributed by atoms with Gasteiger partial charge in [-0.15, -0.1) is 11.3 Å². The van der Waals surface area contributed by atoms with Crippen LogP contribution >= 0.6 is 22.7 Å². The largest absolute Gasteiger partial charge is 0.325 e. The molecule has 136 valence electrons. The fourth-order valence-electron chi connectivity index (χ4n) is 2.85. The molecule has 0 bridgehead atoms. The zero-order chi connectivity index (χ0) is 18.8. The van der Waals surface area contributed by atoms with Crippen LogP contribution in [-0.2, 0) is 11.3 Å². The molecule has 0 radical (unpaired) electrons. The zero-order valence-corrected chi connectivity index (χ0v) is 16.3. The number of nitrogens with zero attached hydrogens (tertiary/aromatic N) is 2. The van der Waals surface area contributed by atoms with Crippen molar-refractivity contribution in [2.45, 2.75) is 19.9 Å². The van der Waals surface area contributed by atoms with Crippen molar-refractivity contribution in [1.29, 1.82) is 0 Å². The van der Waals surface area contributed by atoms with Crippen LogP contribution in [0.5, 0.6) is 0 Å². The fraction of sp³-hybridized carbons (Fsp3) is 0.150. The van der Waals surface area contributed by atoms with Crippen molar-refractivity contribution in [1.82, 2.24) is 9.55 Å². The number of nitrogens with one attached hydrogen (secondary N) is 1. The summed E-state index contributed by atoms with van der Waals surface area (Å²) in [7, 11) is 0. The predicted octanol–water partition coefficient (Wildman–Crippen LogP) is 4.52. The molecule has 5 nitrogen and oxygen atoms in total. The van der Waals surface area contributed by atoms with E-state index < -0.39 is 0 Å². The van der Waals surface area contributed by atoms with Crippen LogP contribution in [0.4, 0.5) is 5.69 Å². The van der Waals surface area contributed by atoms with Gasteiger partial charge in [0.1, 0.15) is 4.83 Å². The average Bonchev–Trinajstić information content (AvgIpc) is 3.32. The number of carbonyl (C=O) groups is 1. The number of amides is 1. The summed E-state index contributed by atoms with van der Waals surface area (Å²) in [5.41, 5.74) is 3.74. The van der Waals surface area contributed by atoms with Crippen LogP contribution in [0, 0.1) is 6.92 Å². The van der Waals surface area contributed by atoms with Gasteiger partial charge in [-0.2, -0.15) is 11.3 Å². The lowest BCUT2D eigenvalue weighted by molar-refractivity contribution is -0.116. The molecule has 0 unspecified atom stereocenters. The van der Waals surface area contributed by atoms with Gasteiger partial charge in [0.05, 0.1) is 17.4 Å². The van der Waals surface area contributed by atoms with Crippen LogP contribution in [0.3, 0.4) is 0 Å². The molecule has 4 rings (SSSR count). The van der Waals surface area contributed by atoms with E-state index in [1.54, 1.807) is 0 Å². The second kappa shape index (κ2) is 7.46. The lowest BCUT2D eigenvalue weighted by Crippen LogP contribution is -2.23. The van der Waals surface area contributed by atoms with E-state index in [2.05, 4.69) is 10.3 Å². The van der Waals surface area contributed by atoms with Crippen LogP contribution in [0.1, 0.15) is 12.0 Å². The van der Waals surface area contributed by atoms with E-state index in [4.69, 9.17) is 0 Å². The maximum absolute atomic E-state index is 13.0. The first-order chi connectivity index (χ1) is 13.1. The molecule has 0 aliphatic carbocycles. The van der Waals surface area contributed by atoms with Gasteiger partial charge in [0, 0.05) is 29.3 Å². The van der Waals surface area contributed by atoms with Crippen LogP contribution in [0.15, 0.2) is 57.6 Å². The van der Waals surface area contributed by atoms with Gasteiger partial charge in [-0.25, -0.2) is 4.98 Å². The molecule has 4 aromatic rings. The summed E-state index contributed by atoms with van der Waals surface area (Å²) >= 11 is 2.98. The summed E-state index contributed by atoms with van der Waals surface area (Å²) in [5.74, 6) is -0.121. The van der Waals surface area contributed by atoms with Crippen molar-refractivity contribution < 1.29 is 4.79 Å². The van der Waals surface area contributed by atoms with Crippen molar-refractivity contribution in [2.24, 2.45) is 0 Å². The Kier molecular flexibility index (Phi) is 4.87. The third-order valence-corrected chi connectivity index (χ3v) is 5.88. The third-order valence-electron chi connectivity index (χ3n) is 4.31. The van der Waals surface area contributed by atoms with E-state index >= 15 is 0 Å². The Labute approximate surface area is 163 Å². The Morgan fingerprint density at radius 2 is 2.00 bits per heavy atom. The smallest absolute Gasteiger partial charge is 0.262 e. The van der Waals surface area contributed by atoms with Gasteiger partial charge in [-0.1, -0.05) is 29.8 Å². The molecule has 3 aromatic heterocycles. The van der Waals surface area contributed by atoms with Gasteiger partial charge in [0.25, 0.3) is 5.56 Å². The highest BCUT2D eigenvalue weighted by molar-refractivity contribution is 7.17. The van der Waals surface area contributed by atoms with Crippen molar-refractivity contribution in [3.8, 4) is 11.1 Å². The Bertz CT molecular complexity index is 1140. The second-order valence-electron chi connectivity index (χ2n) is 6.25. The van der Waals surface area contributed by atoms with Gasteiger partial charge in [-0.3, -0.25) is 14.2 Å². The highest BCUT2D eigenvalue weighted by atomic mass is 32.1. The van der Waals surface area contributed by atoms with E-state index in [9.17, 15) is 9.59 Å². The van der Waals surface area contributed by atoms with Gasteiger partial charge in [0.2, 0.25) is 5.91 Å². The molecular weight excluding hydrogens is 378 g/mol. The number of rotatable bonds is 5. The SMILES string of the molecule is Cc1ccc(-c2csc3ncn(CCC(=O)Nc4ccsc4)c(=O)c23)cc1. The minimum Gasteiger partial charge on any atom is -0.325 e. The summed E-state index contributed by atoms with van der Waals surface area (Å²) in [5, 5.41) is 9.18. The molecule has 7 heteroatoms. The number of hydrogen-bond donors (Lipinski definition) is 1. The maximum Gasteiger partial charge on any atom is 0.262 e. The quantitative estimate of drug-likeness (QED) is 0.540. The molecule has 1 aromatic carbocycles. The third kappa shape index (κ3) is 3.70. The molecule has 0 saturated carbocycles. The van der Waals surface area contributed by atoms with E-state index in [0.717, 1.165) is 21.6 Å². The summed E-state index contributed by atoms with van der Waals surface area (Å²) in [6, 6.07) is 9.94. The Morgan fingerprint density at radius 3 is 2.74 bits per heavy atom. The van der Waals surface area contributed by atoms with Crippen molar-refractivity contribution in [3.63, 3.8) is 0 Å². The van der Waals surface area contributed by atoms with Gasteiger partial charge in [-0.05, 0) is 23.9 Å². The standard InChI is InChI=1S/C20H17N3O2S2/c1-13-2-4-14(5-3-13)16-11-27-19-18(16)20(25)23(12-21-19)8-6-17(24)22-15-7-9-26-10-15/h2-5,7,9-12H,6,8H2,1H3,(H,22,24). The number of fused-ring (bicyclic) bond motifs is 1. The van der Waals surface area contributed by atoms with Gasteiger partial charge >= 0.3 is 0 Å². The number of aryl methyl sites for hydroxylation is 2. The molecule has 0 saturated heterocycles. The molecule has 3 heterocycles. The minimum absolute atomic E-state index is 0.111. The second-order valence-corrected chi connectivity index (χ2v) is 7.89. The molecule has 0 spiro atoms. The summed E-state index contributed by atoms with van der Waals surface area (Å²) in [6.45, 7) is 2.33. The predicted molar refractivity (Wildman–Crippen MR) is 112 cm³/mol. The number of hydrogen-bond acceptors (Lipinski definition) is 5. The normalized spacial score (nSPS) is 11.0. The highest BCUT2D eigenvalue weighted by Crippen LogP contribution is 2.30.